The van der Waals surface area contributed by atoms with Crippen molar-refractivity contribution in [1.82, 2.24) is 0 Å². The van der Waals surface area contributed by atoms with Crippen molar-refractivity contribution in [3.05, 3.63) is 46.5 Å². The van der Waals surface area contributed by atoms with E-state index >= 15 is 0 Å². The van der Waals surface area contributed by atoms with Gasteiger partial charge >= 0.3 is 5.00 Å². The highest BCUT2D eigenvalue weighted by Gasteiger charge is 2.10. The maximum Gasteiger partial charge on any atom is 0.324 e. The summed E-state index contributed by atoms with van der Waals surface area (Å²) in [4.78, 5) is 12.3. The molecule has 0 bridgehead atoms. The van der Waals surface area contributed by atoms with Crippen LogP contribution in [0.5, 0.6) is 0 Å². The van der Waals surface area contributed by atoms with Gasteiger partial charge in [0.05, 0.1) is 4.92 Å². The number of nitrogens with zero attached hydrogens (tertiary/aromatic N) is 1. The van der Waals surface area contributed by atoms with Crippen LogP contribution in [0.3, 0.4) is 0 Å². The first kappa shape index (κ1) is 11.2. The smallest absolute Gasteiger partial charge is 0.258 e. The van der Waals surface area contributed by atoms with E-state index < -0.39 is 0 Å². The van der Waals surface area contributed by atoms with E-state index in [1.54, 1.807) is 23.9 Å². The van der Waals surface area contributed by atoms with E-state index in [1.165, 1.54) is 16.2 Å². The second-order valence-corrected chi connectivity index (χ2v) is 5.07. The van der Waals surface area contributed by atoms with Crippen molar-refractivity contribution in [2.75, 3.05) is 6.26 Å². The van der Waals surface area contributed by atoms with Crippen molar-refractivity contribution in [1.29, 1.82) is 0 Å². The van der Waals surface area contributed by atoms with E-state index in [0.717, 1.165) is 10.4 Å². The van der Waals surface area contributed by atoms with Crippen LogP contribution in [0.25, 0.3) is 10.4 Å². The zero-order valence-corrected chi connectivity index (χ0v) is 10.2. The van der Waals surface area contributed by atoms with Crippen LogP contribution in [0, 0.1) is 10.1 Å². The van der Waals surface area contributed by atoms with Crippen molar-refractivity contribution in [3.63, 3.8) is 0 Å². The van der Waals surface area contributed by atoms with Gasteiger partial charge in [-0.05, 0) is 30.0 Å². The Labute approximate surface area is 101 Å². The summed E-state index contributed by atoms with van der Waals surface area (Å²) in [6, 6.07) is 11.3. The van der Waals surface area contributed by atoms with Crippen LogP contribution in [0.4, 0.5) is 5.00 Å². The Morgan fingerprint density at radius 1 is 1.19 bits per heavy atom. The zero-order chi connectivity index (χ0) is 11.5. The lowest BCUT2D eigenvalue weighted by molar-refractivity contribution is -0.380. The average Bonchev–Trinajstić information content (AvgIpc) is 2.78. The standard InChI is InChI=1S/C11H9NO2S2/c1-15-9-4-2-8(3-5-9)10-6-7-11(16-10)12(13)14/h2-7H,1H3. The van der Waals surface area contributed by atoms with Gasteiger partial charge in [0.1, 0.15) is 0 Å². The molecule has 1 heterocycles. The summed E-state index contributed by atoms with van der Waals surface area (Å²) < 4.78 is 0. The second-order valence-electron chi connectivity index (χ2n) is 3.12. The molecule has 0 unspecified atom stereocenters. The molecule has 5 heteroatoms. The van der Waals surface area contributed by atoms with E-state index in [-0.39, 0.29) is 9.92 Å². The summed E-state index contributed by atoms with van der Waals surface area (Å²) in [7, 11) is 0. The molecule has 82 valence electrons. The molecular formula is C11H9NO2S2. The number of thioether (sulfide) groups is 1. The summed E-state index contributed by atoms with van der Waals surface area (Å²) >= 11 is 2.88. The summed E-state index contributed by atoms with van der Waals surface area (Å²) in [5, 5.41) is 10.7. The number of thiophene rings is 1. The van der Waals surface area contributed by atoms with Gasteiger partial charge < -0.3 is 0 Å². The molecule has 2 aromatic rings. The molecule has 16 heavy (non-hydrogen) atoms. The van der Waals surface area contributed by atoms with E-state index in [0.29, 0.717) is 0 Å². The van der Waals surface area contributed by atoms with Gasteiger partial charge in [0, 0.05) is 15.8 Å². The number of benzene rings is 1. The maximum atomic E-state index is 10.6. The van der Waals surface area contributed by atoms with Crippen LogP contribution in [-0.4, -0.2) is 11.2 Å². The predicted molar refractivity (Wildman–Crippen MR) is 68.2 cm³/mol. The number of rotatable bonds is 3. The summed E-state index contributed by atoms with van der Waals surface area (Å²) in [6.45, 7) is 0. The summed E-state index contributed by atoms with van der Waals surface area (Å²) in [5.41, 5.74) is 1.02. The Hall–Kier alpha value is -1.33. The van der Waals surface area contributed by atoms with Crippen LogP contribution in [0.2, 0.25) is 0 Å². The van der Waals surface area contributed by atoms with Crippen molar-refractivity contribution in [3.8, 4) is 10.4 Å². The molecule has 0 spiro atoms. The van der Waals surface area contributed by atoms with Gasteiger partial charge in [-0.1, -0.05) is 23.5 Å². The van der Waals surface area contributed by atoms with E-state index in [1.807, 2.05) is 30.5 Å². The van der Waals surface area contributed by atoms with Gasteiger partial charge in [-0.2, -0.15) is 0 Å². The highest BCUT2D eigenvalue weighted by molar-refractivity contribution is 7.98. The molecule has 2 rings (SSSR count). The Morgan fingerprint density at radius 3 is 2.38 bits per heavy atom. The first-order valence-corrected chi connectivity index (χ1v) is 6.63. The molecule has 3 nitrogen and oxygen atoms in total. The molecule has 0 fully saturated rings. The lowest BCUT2D eigenvalue weighted by Gasteiger charge is -1.98. The Morgan fingerprint density at radius 2 is 1.88 bits per heavy atom. The lowest BCUT2D eigenvalue weighted by Crippen LogP contribution is -1.80. The third-order valence-corrected chi connectivity index (χ3v) is 3.98. The minimum atomic E-state index is -0.357. The molecule has 1 aromatic heterocycles. The van der Waals surface area contributed by atoms with Crippen molar-refractivity contribution >= 4 is 28.1 Å². The first-order valence-electron chi connectivity index (χ1n) is 4.59. The Kier molecular flexibility index (Phi) is 3.26. The molecule has 0 aliphatic carbocycles. The average molecular weight is 251 g/mol. The number of hydrogen-bond donors (Lipinski definition) is 0. The SMILES string of the molecule is CSc1ccc(-c2ccc([N+](=O)[O-])s2)cc1. The zero-order valence-electron chi connectivity index (χ0n) is 8.54. The van der Waals surface area contributed by atoms with Gasteiger partial charge in [-0.3, -0.25) is 10.1 Å². The van der Waals surface area contributed by atoms with Gasteiger partial charge in [0.15, 0.2) is 0 Å². The quantitative estimate of drug-likeness (QED) is 0.469. The molecule has 0 radical (unpaired) electrons. The maximum absolute atomic E-state index is 10.6. The topological polar surface area (TPSA) is 43.1 Å². The van der Waals surface area contributed by atoms with Gasteiger partial charge in [-0.25, -0.2) is 0 Å². The Balaban J connectivity index is 2.31. The lowest BCUT2D eigenvalue weighted by atomic mass is 10.2. The molecular weight excluding hydrogens is 242 g/mol. The van der Waals surface area contributed by atoms with Crippen molar-refractivity contribution < 1.29 is 4.92 Å². The third kappa shape index (κ3) is 2.25. The molecule has 0 atom stereocenters. The van der Waals surface area contributed by atoms with E-state index in [9.17, 15) is 10.1 Å². The molecule has 0 aliphatic heterocycles. The minimum Gasteiger partial charge on any atom is -0.258 e. The number of nitro groups is 1. The van der Waals surface area contributed by atoms with Crippen LogP contribution >= 0.6 is 23.1 Å². The fourth-order valence-electron chi connectivity index (χ4n) is 1.34. The number of hydrogen-bond acceptors (Lipinski definition) is 4. The van der Waals surface area contributed by atoms with Crippen LogP contribution < -0.4 is 0 Å². The largest absolute Gasteiger partial charge is 0.324 e. The molecule has 0 amide bonds. The van der Waals surface area contributed by atoms with Crippen molar-refractivity contribution in [2.45, 2.75) is 4.90 Å². The Bertz CT molecular complexity index is 505. The van der Waals surface area contributed by atoms with Gasteiger partial charge in [-0.15, -0.1) is 11.8 Å². The van der Waals surface area contributed by atoms with Gasteiger partial charge in [0.25, 0.3) is 0 Å². The summed E-state index contributed by atoms with van der Waals surface area (Å²) in [6.07, 6.45) is 2.02. The van der Waals surface area contributed by atoms with E-state index in [2.05, 4.69) is 0 Å². The van der Waals surface area contributed by atoms with E-state index in [4.69, 9.17) is 0 Å². The van der Waals surface area contributed by atoms with Gasteiger partial charge in [0.2, 0.25) is 0 Å². The molecule has 0 saturated heterocycles. The fourth-order valence-corrected chi connectivity index (χ4v) is 2.57. The van der Waals surface area contributed by atoms with Crippen LogP contribution in [0.1, 0.15) is 0 Å². The van der Waals surface area contributed by atoms with Crippen LogP contribution in [0.15, 0.2) is 41.3 Å². The predicted octanol–water partition coefficient (Wildman–Crippen LogP) is 4.05. The molecule has 0 N–H and O–H groups in total. The minimum absolute atomic E-state index is 0.184. The van der Waals surface area contributed by atoms with Crippen molar-refractivity contribution in [2.24, 2.45) is 0 Å². The monoisotopic (exact) mass is 251 g/mol. The highest BCUT2D eigenvalue weighted by atomic mass is 32.2. The normalized spacial score (nSPS) is 10.3. The second kappa shape index (κ2) is 4.67. The molecule has 0 saturated carbocycles. The first-order chi connectivity index (χ1) is 7.70. The highest BCUT2D eigenvalue weighted by Crippen LogP contribution is 2.33. The summed E-state index contributed by atoms with van der Waals surface area (Å²) in [5.74, 6) is 0. The molecule has 1 aromatic carbocycles. The fraction of sp³-hybridized carbons (Fsp3) is 0.0909. The van der Waals surface area contributed by atoms with Crippen LogP contribution in [-0.2, 0) is 0 Å². The molecule has 0 aliphatic rings. The third-order valence-electron chi connectivity index (χ3n) is 2.15.